The first-order valence-electron chi connectivity index (χ1n) is 10.6. The molecule has 1 atom stereocenters. The Hall–Kier alpha value is -3.98. The maximum atomic E-state index is 13.4. The van der Waals surface area contributed by atoms with E-state index in [1.165, 1.54) is 17.8 Å². The van der Waals surface area contributed by atoms with Gasteiger partial charge >= 0.3 is 5.69 Å². The minimum Gasteiger partial charge on any atom is -0.392 e. The van der Waals surface area contributed by atoms with Gasteiger partial charge in [-0.3, -0.25) is 14.2 Å². The Morgan fingerprint density at radius 1 is 0.970 bits per heavy atom. The molecule has 2 aromatic heterocycles. The molecule has 0 bridgehead atoms. The second kappa shape index (κ2) is 9.66. The lowest BCUT2D eigenvalue weighted by molar-refractivity contribution is -0.122. The summed E-state index contributed by atoms with van der Waals surface area (Å²) >= 11 is 0. The fourth-order valence-electron chi connectivity index (χ4n) is 3.65. The molecule has 9 heteroatoms. The van der Waals surface area contributed by atoms with E-state index in [1.54, 1.807) is 4.57 Å². The van der Waals surface area contributed by atoms with E-state index in [0.717, 1.165) is 15.7 Å². The van der Waals surface area contributed by atoms with Crippen LogP contribution in [-0.4, -0.2) is 42.3 Å². The second-order valence-corrected chi connectivity index (χ2v) is 7.93. The third kappa shape index (κ3) is 4.93. The Balaban J connectivity index is 1.83. The molecule has 0 radical (unpaired) electrons. The fraction of sp³-hybridized carbons (Fsp3) is 0.250. The van der Waals surface area contributed by atoms with Crippen LogP contribution in [0.1, 0.15) is 18.1 Å². The van der Waals surface area contributed by atoms with E-state index in [2.05, 4.69) is 10.3 Å². The first-order valence-corrected chi connectivity index (χ1v) is 10.6. The van der Waals surface area contributed by atoms with E-state index in [1.807, 2.05) is 60.7 Å². The van der Waals surface area contributed by atoms with Crippen molar-refractivity contribution < 1.29 is 9.90 Å². The van der Waals surface area contributed by atoms with E-state index in [9.17, 15) is 19.5 Å². The number of amides is 1. The summed E-state index contributed by atoms with van der Waals surface area (Å²) in [6.07, 6.45) is 0.799. The van der Waals surface area contributed by atoms with Crippen molar-refractivity contribution in [3.05, 3.63) is 99.0 Å². The zero-order valence-corrected chi connectivity index (χ0v) is 18.2. The maximum absolute atomic E-state index is 13.4. The van der Waals surface area contributed by atoms with E-state index in [4.69, 9.17) is 0 Å². The molecule has 2 aromatic carbocycles. The quantitative estimate of drug-likeness (QED) is 0.418. The van der Waals surface area contributed by atoms with E-state index < -0.39 is 29.8 Å². The number of nitrogens with zero attached hydrogens (tertiary/aromatic N) is 4. The van der Waals surface area contributed by atoms with Crippen LogP contribution in [0.2, 0.25) is 0 Å². The molecule has 0 saturated carbocycles. The minimum absolute atomic E-state index is 0.0278. The molecule has 0 saturated heterocycles. The molecule has 0 fully saturated rings. The first kappa shape index (κ1) is 22.2. The highest BCUT2D eigenvalue weighted by Gasteiger charge is 2.20. The van der Waals surface area contributed by atoms with Gasteiger partial charge in [0.2, 0.25) is 5.91 Å². The third-order valence-electron chi connectivity index (χ3n) is 5.26. The van der Waals surface area contributed by atoms with E-state index >= 15 is 0 Å². The Morgan fingerprint density at radius 3 is 2.18 bits per heavy atom. The molecule has 4 rings (SSSR count). The van der Waals surface area contributed by atoms with Crippen LogP contribution in [0.5, 0.6) is 0 Å². The average molecular weight is 447 g/mol. The van der Waals surface area contributed by atoms with Gasteiger partial charge in [0.1, 0.15) is 6.54 Å². The van der Waals surface area contributed by atoms with Gasteiger partial charge in [0.25, 0.3) is 5.56 Å². The lowest BCUT2D eigenvalue weighted by Gasteiger charge is -2.13. The highest BCUT2D eigenvalue weighted by molar-refractivity contribution is 5.76. The largest absolute Gasteiger partial charge is 0.392 e. The van der Waals surface area contributed by atoms with Crippen LogP contribution in [0.3, 0.4) is 0 Å². The van der Waals surface area contributed by atoms with Crippen molar-refractivity contribution in [3.63, 3.8) is 0 Å². The highest BCUT2D eigenvalue weighted by Crippen LogP contribution is 2.12. The molecule has 0 aliphatic rings. The molecule has 33 heavy (non-hydrogen) atoms. The number of hydrogen-bond donors (Lipinski definition) is 2. The summed E-state index contributed by atoms with van der Waals surface area (Å²) in [5, 5.41) is 11.9. The summed E-state index contributed by atoms with van der Waals surface area (Å²) in [5.74, 6) is -0.533. The van der Waals surface area contributed by atoms with Crippen LogP contribution >= 0.6 is 0 Å². The molecule has 0 spiro atoms. The third-order valence-corrected chi connectivity index (χ3v) is 5.26. The van der Waals surface area contributed by atoms with Crippen molar-refractivity contribution in [2.75, 3.05) is 6.54 Å². The van der Waals surface area contributed by atoms with Gasteiger partial charge in [0.15, 0.2) is 11.2 Å². The smallest absolute Gasteiger partial charge is 0.333 e. The van der Waals surface area contributed by atoms with Crippen molar-refractivity contribution in [2.45, 2.75) is 32.7 Å². The van der Waals surface area contributed by atoms with Crippen molar-refractivity contribution >= 4 is 17.1 Å². The number of imidazole rings is 1. The number of aliphatic hydroxyl groups is 1. The SMILES string of the molecule is CC(O)CNC(=O)Cn1c(=O)c2c(ncn2Cc2ccccc2)n(Cc2ccccc2)c1=O. The van der Waals surface area contributed by atoms with Crippen molar-refractivity contribution in [3.8, 4) is 0 Å². The highest BCUT2D eigenvalue weighted by atomic mass is 16.3. The molecule has 2 N–H and O–H groups in total. The van der Waals surface area contributed by atoms with Crippen LogP contribution in [0.25, 0.3) is 11.2 Å². The fourth-order valence-corrected chi connectivity index (χ4v) is 3.65. The molecule has 4 aromatic rings. The predicted octanol–water partition coefficient (Wildman–Crippen LogP) is 0.953. The Kier molecular flexibility index (Phi) is 6.50. The lowest BCUT2D eigenvalue weighted by atomic mass is 10.2. The predicted molar refractivity (Wildman–Crippen MR) is 124 cm³/mol. The molecule has 1 unspecified atom stereocenters. The van der Waals surface area contributed by atoms with Gasteiger partial charge in [0, 0.05) is 13.1 Å². The van der Waals surface area contributed by atoms with Crippen LogP contribution in [0.15, 0.2) is 76.6 Å². The molecule has 1 amide bonds. The number of aromatic nitrogens is 4. The van der Waals surface area contributed by atoms with E-state index in [-0.39, 0.29) is 24.3 Å². The van der Waals surface area contributed by atoms with Crippen molar-refractivity contribution in [1.29, 1.82) is 0 Å². The molecular formula is C24H25N5O4. The number of benzene rings is 2. The van der Waals surface area contributed by atoms with Crippen LogP contribution in [0, 0.1) is 0 Å². The molecule has 170 valence electrons. The molecular weight excluding hydrogens is 422 g/mol. The topological polar surface area (TPSA) is 111 Å². The number of hydrogen-bond acceptors (Lipinski definition) is 5. The summed E-state index contributed by atoms with van der Waals surface area (Å²) in [5.41, 5.74) is 1.15. The normalized spacial score (nSPS) is 12.1. The first-order chi connectivity index (χ1) is 15.9. The molecule has 2 heterocycles. The van der Waals surface area contributed by atoms with Gasteiger partial charge in [-0.1, -0.05) is 60.7 Å². The molecule has 9 nitrogen and oxygen atoms in total. The average Bonchev–Trinajstić information content (AvgIpc) is 3.23. The maximum Gasteiger partial charge on any atom is 0.333 e. The number of aliphatic hydroxyl groups excluding tert-OH is 1. The summed E-state index contributed by atoms with van der Waals surface area (Å²) in [6.45, 7) is 1.71. The zero-order valence-electron chi connectivity index (χ0n) is 18.2. The minimum atomic E-state index is -0.741. The van der Waals surface area contributed by atoms with Crippen molar-refractivity contribution in [1.82, 2.24) is 24.0 Å². The standard InChI is InChI=1S/C24H25N5O4/c1-17(30)12-25-20(31)15-29-23(32)21-22(26-16-27(21)13-18-8-4-2-5-9-18)28(24(29)33)14-19-10-6-3-7-11-19/h2-11,16-17,30H,12-15H2,1H3,(H,25,31). The van der Waals surface area contributed by atoms with Gasteiger partial charge in [0.05, 0.1) is 19.0 Å². The van der Waals surface area contributed by atoms with Gasteiger partial charge in [-0.2, -0.15) is 0 Å². The molecule has 0 aliphatic heterocycles. The van der Waals surface area contributed by atoms with Crippen LogP contribution in [-0.2, 0) is 24.4 Å². The number of rotatable bonds is 8. The number of nitrogens with one attached hydrogen (secondary N) is 1. The van der Waals surface area contributed by atoms with Gasteiger partial charge < -0.3 is 15.0 Å². The summed E-state index contributed by atoms with van der Waals surface area (Å²) in [4.78, 5) is 43.4. The lowest BCUT2D eigenvalue weighted by Crippen LogP contribution is -2.45. The van der Waals surface area contributed by atoms with Crippen LogP contribution in [0.4, 0.5) is 0 Å². The summed E-state index contributed by atoms with van der Waals surface area (Å²) in [7, 11) is 0. The summed E-state index contributed by atoms with van der Waals surface area (Å²) < 4.78 is 4.03. The Labute approximate surface area is 189 Å². The number of fused-ring (bicyclic) bond motifs is 1. The van der Waals surface area contributed by atoms with E-state index in [0.29, 0.717) is 6.54 Å². The van der Waals surface area contributed by atoms with Gasteiger partial charge in [-0.25, -0.2) is 14.3 Å². The van der Waals surface area contributed by atoms with Crippen molar-refractivity contribution in [2.24, 2.45) is 0 Å². The molecule has 0 aliphatic carbocycles. The summed E-state index contributed by atoms with van der Waals surface area (Å²) in [6, 6.07) is 19.0. The van der Waals surface area contributed by atoms with Gasteiger partial charge in [-0.05, 0) is 18.1 Å². The van der Waals surface area contributed by atoms with Gasteiger partial charge in [-0.15, -0.1) is 0 Å². The number of carbonyl (C=O) groups excluding carboxylic acids is 1. The second-order valence-electron chi connectivity index (χ2n) is 7.93. The monoisotopic (exact) mass is 447 g/mol. The zero-order chi connectivity index (χ0) is 23.4. The Bertz CT molecular complexity index is 1370. The van der Waals surface area contributed by atoms with Crippen LogP contribution < -0.4 is 16.6 Å². The number of carbonyl (C=O) groups is 1. The Morgan fingerprint density at radius 2 is 1.58 bits per heavy atom.